The first kappa shape index (κ1) is 20.5. The summed E-state index contributed by atoms with van der Waals surface area (Å²) in [6, 6.07) is 2.08. The van der Waals surface area contributed by atoms with Crippen LogP contribution in [0.3, 0.4) is 0 Å². The fourth-order valence-electron chi connectivity index (χ4n) is 3.96. The molecule has 162 valence electrons. The van der Waals surface area contributed by atoms with Gasteiger partial charge in [-0.25, -0.2) is 0 Å². The van der Waals surface area contributed by atoms with Gasteiger partial charge in [0.25, 0.3) is 0 Å². The summed E-state index contributed by atoms with van der Waals surface area (Å²) in [5.41, 5.74) is 3.72. The Morgan fingerprint density at radius 2 is 2.16 bits per heavy atom. The van der Waals surface area contributed by atoms with Crippen molar-refractivity contribution in [3.63, 3.8) is 0 Å². The average molecular weight is 528 g/mol. The molecule has 31 heavy (non-hydrogen) atoms. The van der Waals surface area contributed by atoms with Crippen molar-refractivity contribution in [2.75, 3.05) is 43.1 Å². The van der Waals surface area contributed by atoms with Crippen molar-refractivity contribution in [3.8, 4) is 0 Å². The third-order valence-corrected chi connectivity index (χ3v) is 7.67. The molecule has 1 aromatic rings. The number of anilines is 2. The van der Waals surface area contributed by atoms with Crippen LogP contribution in [0.1, 0.15) is 18.7 Å². The quantitative estimate of drug-likeness (QED) is 0.527. The Morgan fingerprint density at radius 3 is 3.10 bits per heavy atom. The SMILES string of the molecule is C1=C[I-]C=C(CCNc2cc(N3CCOCC3)nc(C3=CCC4C=CNC4=C3)n2)C=C1. The maximum atomic E-state index is 5.54. The van der Waals surface area contributed by atoms with Crippen molar-refractivity contribution < 1.29 is 25.9 Å². The van der Waals surface area contributed by atoms with Gasteiger partial charge < -0.3 is 0 Å². The molecule has 1 fully saturated rings. The predicted molar refractivity (Wildman–Crippen MR) is 121 cm³/mol. The molecule has 0 amide bonds. The zero-order chi connectivity index (χ0) is 20.9. The second-order valence-electron chi connectivity index (χ2n) is 7.80. The molecule has 4 heterocycles. The van der Waals surface area contributed by atoms with Crippen LogP contribution >= 0.6 is 0 Å². The molecule has 0 spiro atoms. The van der Waals surface area contributed by atoms with Crippen LogP contribution in [0.2, 0.25) is 0 Å². The van der Waals surface area contributed by atoms with E-state index in [0.717, 1.165) is 68.7 Å². The third-order valence-electron chi connectivity index (χ3n) is 5.68. The molecule has 0 radical (unpaired) electrons. The molecule has 6 nitrogen and oxygen atoms in total. The Bertz CT molecular complexity index is 1000. The first-order valence-electron chi connectivity index (χ1n) is 10.8. The fraction of sp³-hybridized carbons (Fsp3) is 0.333. The van der Waals surface area contributed by atoms with E-state index in [9.17, 15) is 0 Å². The van der Waals surface area contributed by atoms with E-state index in [1.54, 1.807) is 0 Å². The molecule has 3 aliphatic heterocycles. The van der Waals surface area contributed by atoms with Gasteiger partial charge in [-0.15, -0.1) is 0 Å². The van der Waals surface area contributed by atoms with Crippen LogP contribution in [-0.4, -0.2) is 42.8 Å². The summed E-state index contributed by atoms with van der Waals surface area (Å²) in [6.07, 6.45) is 17.2. The van der Waals surface area contributed by atoms with Crippen LogP contribution in [0.5, 0.6) is 0 Å². The molecule has 1 aliphatic carbocycles. The molecule has 1 unspecified atom stereocenters. The van der Waals surface area contributed by atoms with Gasteiger partial charge in [-0.2, -0.15) is 0 Å². The molecule has 2 N–H and O–H groups in total. The van der Waals surface area contributed by atoms with Crippen molar-refractivity contribution in [1.82, 2.24) is 15.3 Å². The van der Waals surface area contributed by atoms with Crippen molar-refractivity contribution in [3.05, 3.63) is 74.0 Å². The fourth-order valence-corrected chi connectivity index (χ4v) is 5.63. The molecular weight excluding hydrogens is 501 g/mol. The number of hydrogen-bond acceptors (Lipinski definition) is 6. The van der Waals surface area contributed by atoms with Gasteiger partial charge in [0, 0.05) is 0 Å². The zero-order valence-corrected chi connectivity index (χ0v) is 19.6. The number of halogens is 1. The van der Waals surface area contributed by atoms with Gasteiger partial charge in [0.15, 0.2) is 0 Å². The summed E-state index contributed by atoms with van der Waals surface area (Å²) in [7, 11) is 0. The van der Waals surface area contributed by atoms with E-state index in [1.165, 1.54) is 11.3 Å². The minimum atomic E-state index is 0.0380. The number of rotatable bonds is 6. The van der Waals surface area contributed by atoms with Crippen LogP contribution in [0, 0.1) is 5.92 Å². The monoisotopic (exact) mass is 528 g/mol. The number of morpholine rings is 1. The zero-order valence-electron chi connectivity index (χ0n) is 17.4. The van der Waals surface area contributed by atoms with Crippen LogP contribution in [0.4, 0.5) is 11.6 Å². The van der Waals surface area contributed by atoms with E-state index in [-0.39, 0.29) is 21.2 Å². The normalized spacial score (nSPS) is 22.5. The number of nitrogens with zero attached hydrogens (tertiary/aromatic N) is 3. The summed E-state index contributed by atoms with van der Waals surface area (Å²) in [5.74, 6) is 3.10. The Hall–Kier alpha value is -2.39. The number of fused-ring (bicyclic) bond motifs is 1. The maximum absolute atomic E-state index is 5.54. The number of ether oxygens (including phenoxy) is 1. The van der Waals surface area contributed by atoms with Gasteiger partial charge in [-0.05, 0) is 6.20 Å². The molecule has 0 bridgehead atoms. The Morgan fingerprint density at radius 1 is 1.23 bits per heavy atom. The summed E-state index contributed by atoms with van der Waals surface area (Å²) in [4.78, 5) is 12.1. The van der Waals surface area contributed by atoms with Crippen LogP contribution in [-0.2, 0) is 4.74 Å². The van der Waals surface area contributed by atoms with Gasteiger partial charge >= 0.3 is 182 Å². The second kappa shape index (κ2) is 9.82. The minimum absolute atomic E-state index is 0.0380. The first-order valence-corrected chi connectivity index (χ1v) is 13.3. The predicted octanol–water partition coefficient (Wildman–Crippen LogP) is 0.576. The average Bonchev–Trinajstić information content (AvgIpc) is 3.14. The molecule has 1 atom stereocenters. The Balaban J connectivity index is 1.36. The number of aromatic nitrogens is 2. The molecule has 1 aromatic heterocycles. The van der Waals surface area contributed by atoms with Crippen LogP contribution in [0.25, 0.3) is 5.57 Å². The first-order chi connectivity index (χ1) is 15.3. The van der Waals surface area contributed by atoms with E-state index in [2.05, 4.69) is 66.2 Å². The molecule has 7 heteroatoms. The summed E-state index contributed by atoms with van der Waals surface area (Å²) < 4.78 is 10.2. The van der Waals surface area contributed by atoms with Crippen LogP contribution in [0.15, 0.2) is 68.2 Å². The van der Waals surface area contributed by atoms with Gasteiger partial charge in [0.1, 0.15) is 0 Å². The molecule has 4 aliphatic rings. The van der Waals surface area contributed by atoms with Crippen molar-refractivity contribution in [2.45, 2.75) is 12.8 Å². The third kappa shape index (κ3) is 5.10. The van der Waals surface area contributed by atoms with Gasteiger partial charge in [0.2, 0.25) is 0 Å². The molecule has 0 saturated carbocycles. The number of allylic oxidation sites excluding steroid dienone is 7. The van der Waals surface area contributed by atoms with Crippen molar-refractivity contribution in [2.24, 2.45) is 5.92 Å². The van der Waals surface area contributed by atoms with Gasteiger partial charge in [-0.1, -0.05) is 6.08 Å². The standard InChI is InChI=1S/C24H27IN5O/c1-2-8-25-17-18(3-1)6-9-27-22-16-23(30-11-13-31-14-12-30)29-24(28-22)20-5-4-19-7-10-26-21(19)15-20/h1-3,5,7-8,10,15-17,19,26H,4,6,9,11-14H2,(H,27,28,29)/q-1. The van der Waals surface area contributed by atoms with E-state index < -0.39 is 0 Å². The van der Waals surface area contributed by atoms with Crippen molar-refractivity contribution in [1.29, 1.82) is 0 Å². The molecular formula is C24H27IN5O-. The van der Waals surface area contributed by atoms with Crippen LogP contribution < -0.4 is 36.7 Å². The van der Waals surface area contributed by atoms with Gasteiger partial charge in [-0.3, -0.25) is 0 Å². The summed E-state index contributed by atoms with van der Waals surface area (Å²) in [6.45, 7) is 4.05. The topological polar surface area (TPSA) is 62.3 Å². The summed E-state index contributed by atoms with van der Waals surface area (Å²) >= 11 is 0.0380. The second-order valence-corrected chi connectivity index (χ2v) is 9.86. The number of hydrogen-bond donors (Lipinski definition) is 2. The molecule has 0 aromatic carbocycles. The number of nitrogens with one attached hydrogen (secondary N) is 2. The Labute approximate surface area is 193 Å². The van der Waals surface area contributed by atoms with Gasteiger partial charge in [0.05, 0.1) is 0 Å². The van der Waals surface area contributed by atoms with E-state index in [0.29, 0.717) is 5.92 Å². The van der Waals surface area contributed by atoms with Crippen molar-refractivity contribution >= 4 is 17.2 Å². The Kier molecular flexibility index (Phi) is 6.50. The van der Waals surface area contributed by atoms with E-state index >= 15 is 0 Å². The molecule has 5 rings (SSSR count). The van der Waals surface area contributed by atoms with E-state index in [4.69, 9.17) is 14.7 Å². The van der Waals surface area contributed by atoms with E-state index in [1.807, 2.05) is 6.20 Å². The summed E-state index contributed by atoms with van der Waals surface area (Å²) in [5, 5.41) is 6.90. The molecule has 1 saturated heterocycles.